The Balaban J connectivity index is 2.20. The molecule has 11 heteroatoms. The molecule has 1 aromatic heterocycles. The largest absolute Gasteiger partial charge is 0.493 e. The summed E-state index contributed by atoms with van der Waals surface area (Å²) < 4.78 is 48.2. The highest BCUT2D eigenvalue weighted by atomic mass is 32.2. The van der Waals surface area contributed by atoms with Crippen LogP contribution in [0.1, 0.15) is 5.56 Å². The fourth-order valence-electron chi connectivity index (χ4n) is 2.11. The van der Waals surface area contributed by atoms with Gasteiger partial charge in [0.2, 0.25) is 11.7 Å². The molecule has 0 amide bonds. The molecule has 3 N–H and O–H groups in total. The monoisotopic (exact) mass is 370 g/mol. The van der Waals surface area contributed by atoms with Gasteiger partial charge in [0.05, 0.1) is 21.3 Å². The lowest BCUT2D eigenvalue weighted by Crippen LogP contribution is -2.13. The molecule has 0 saturated heterocycles. The van der Waals surface area contributed by atoms with E-state index in [4.69, 9.17) is 18.8 Å². The zero-order valence-corrected chi connectivity index (χ0v) is 14.6. The molecule has 0 saturated carbocycles. The molecule has 1 heterocycles. The molecule has 1 aromatic carbocycles. The Hall–Kier alpha value is -2.79. The van der Waals surface area contributed by atoms with Gasteiger partial charge in [0.15, 0.2) is 11.5 Å². The van der Waals surface area contributed by atoms with Crippen LogP contribution in [0.4, 0.5) is 11.8 Å². The van der Waals surface area contributed by atoms with Gasteiger partial charge in [-0.15, -0.1) is 0 Å². The molecule has 25 heavy (non-hydrogen) atoms. The minimum absolute atomic E-state index is 0.0701. The van der Waals surface area contributed by atoms with E-state index in [0.29, 0.717) is 17.2 Å². The van der Waals surface area contributed by atoms with E-state index in [2.05, 4.69) is 15.3 Å². The van der Waals surface area contributed by atoms with Crippen LogP contribution in [-0.4, -0.2) is 44.3 Å². The van der Waals surface area contributed by atoms with Gasteiger partial charge in [-0.05, 0) is 12.1 Å². The van der Waals surface area contributed by atoms with Gasteiger partial charge in [-0.3, -0.25) is 4.55 Å². The van der Waals surface area contributed by atoms with E-state index in [1.54, 1.807) is 12.1 Å². The summed E-state index contributed by atoms with van der Waals surface area (Å²) in [6, 6.07) is 4.82. The lowest BCUT2D eigenvalue weighted by atomic mass is 10.1. The van der Waals surface area contributed by atoms with Crippen LogP contribution in [0.25, 0.3) is 0 Å². The van der Waals surface area contributed by atoms with Crippen molar-refractivity contribution in [1.29, 1.82) is 0 Å². The van der Waals surface area contributed by atoms with Crippen LogP contribution < -0.4 is 24.2 Å². The van der Waals surface area contributed by atoms with Crippen molar-refractivity contribution in [3.05, 3.63) is 30.0 Å². The second-order valence-corrected chi connectivity index (χ2v) is 5.84. The Morgan fingerprint density at radius 2 is 1.80 bits per heavy atom. The molecular formula is C14H18N4O6S. The van der Waals surface area contributed by atoms with Gasteiger partial charge in [0, 0.05) is 24.4 Å². The van der Waals surface area contributed by atoms with Gasteiger partial charge in [-0.1, -0.05) is 0 Å². The Morgan fingerprint density at radius 3 is 2.40 bits per heavy atom. The van der Waals surface area contributed by atoms with Crippen molar-refractivity contribution in [3.8, 4) is 17.2 Å². The minimum Gasteiger partial charge on any atom is -0.493 e. The fourth-order valence-corrected chi connectivity index (χ4v) is 2.49. The predicted molar refractivity (Wildman–Crippen MR) is 90.6 cm³/mol. The second-order valence-electron chi connectivity index (χ2n) is 4.69. The van der Waals surface area contributed by atoms with Crippen molar-refractivity contribution in [2.24, 2.45) is 0 Å². The van der Waals surface area contributed by atoms with Crippen LogP contribution in [-0.2, 0) is 16.8 Å². The quantitative estimate of drug-likeness (QED) is 0.589. The molecule has 136 valence electrons. The first-order valence-electron chi connectivity index (χ1n) is 6.98. The van der Waals surface area contributed by atoms with Crippen LogP contribution in [0.3, 0.4) is 0 Å². The van der Waals surface area contributed by atoms with Crippen molar-refractivity contribution in [1.82, 2.24) is 9.97 Å². The summed E-state index contributed by atoms with van der Waals surface area (Å²) >= 11 is 0. The van der Waals surface area contributed by atoms with Crippen LogP contribution in [0.5, 0.6) is 17.2 Å². The van der Waals surface area contributed by atoms with Gasteiger partial charge < -0.3 is 19.5 Å². The summed E-state index contributed by atoms with van der Waals surface area (Å²) in [6.07, 6.45) is 1.34. The van der Waals surface area contributed by atoms with E-state index in [-0.39, 0.29) is 18.3 Å². The Bertz CT molecular complexity index is 843. The lowest BCUT2D eigenvalue weighted by Gasteiger charge is -2.16. The highest BCUT2D eigenvalue weighted by Crippen LogP contribution is 2.39. The number of rotatable bonds is 8. The normalized spacial score (nSPS) is 10.9. The molecule has 0 spiro atoms. The summed E-state index contributed by atoms with van der Waals surface area (Å²) in [6.45, 7) is 0.277. The highest BCUT2D eigenvalue weighted by Gasteiger charge is 2.16. The highest BCUT2D eigenvalue weighted by molar-refractivity contribution is 7.87. The zero-order valence-electron chi connectivity index (χ0n) is 13.8. The van der Waals surface area contributed by atoms with Crippen molar-refractivity contribution in [3.63, 3.8) is 0 Å². The first kappa shape index (κ1) is 18.5. The fraction of sp³-hybridized carbons (Fsp3) is 0.286. The van der Waals surface area contributed by atoms with E-state index in [9.17, 15) is 8.42 Å². The molecular weight excluding hydrogens is 352 g/mol. The Morgan fingerprint density at radius 1 is 1.08 bits per heavy atom. The molecule has 2 rings (SSSR count). The first-order valence-corrected chi connectivity index (χ1v) is 8.42. The molecule has 0 unspecified atom stereocenters. The molecule has 0 atom stereocenters. The average Bonchev–Trinajstić information content (AvgIpc) is 2.57. The van der Waals surface area contributed by atoms with Crippen LogP contribution in [0.2, 0.25) is 0 Å². The maximum absolute atomic E-state index is 10.8. The van der Waals surface area contributed by atoms with Gasteiger partial charge in [-0.25, -0.2) is 9.71 Å². The number of nitrogens with zero attached hydrogens (tertiary/aromatic N) is 2. The van der Waals surface area contributed by atoms with Gasteiger partial charge in [0.1, 0.15) is 5.82 Å². The molecule has 0 aliphatic carbocycles. The number of ether oxygens (including phenoxy) is 3. The molecule has 0 aliphatic heterocycles. The SMILES string of the molecule is COc1ccc(CNc2nccc(NS(=O)(=O)O)n2)c(OC)c1OC. The Labute approximate surface area is 145 Å². The molecule has 0 fully saturated rings. The van der Waals surface area contributed by atoms with Crippen molar-refractivity contribution in [2.75, 3.05) is 31.4 Å². The van der Waals surface area contributed by atoms with E-state index in [1.165, 1.54) is 33.6 Å². The third-order valence-corrected chi connectivity index (χ3v) is 3.58. The van der Waals surface area contributed by atoms with Gasteiger partial charge in [0.25, 0.3) is 0 Å². The van der Waals surface area contributed by atoms with Crippen molar-refractivity contribution in [2.45, 2.75) is 6.54 Å². The number of benzene rings is 1. The summed E-state index contributed by atoms with van der Waals surface area (Å²) in [5.41, 5.74) is 0.747. The van der Waals surface area contributed by atoms with Gasteiger partial charge in [-0.2, -0.15) is 13.4 Å². The van der Waals surface area contributed by atoms with Gasteiger partial charge >= 0.3 is 10.3 Å². The number of aromatic nitrogens is 2. The summed E-state index contributed by atoms with van der Waals surface area (Å²) in [5.74, 6) is 1.55. The number of hydrogen-bond donors (Lipinski definition) is 3. The lowest BCUT2D eigenvalue weighted by molar-refractivity contribution is 0.322. The Kier molecular flexibility index (Phi) is 5.83. The number of anilines is 2. The van der Waals surface area contributed by atoms with Crippen LogP contribution >= 0.6 is 0 Å². The van der Waals surface area contributed by atoms with Crippen molar-refractivity contribution < 1.29 is 27.2 Å². The number of nitrogens with one attached hydrogen (secondary N) is 2. The molecule has 0 aliphatic rings. The minimum atomic E-state index is -4.41. The number of hydrogen-bond acceptors (Lipinski definition) is 8. The van der Waals surface area contributed by atoms with E-state index in [0.717, 1.165) is 5.56 Å². The second kappa shape index (κ2) is 7.85. The number of methoxy groups -OCH3 is 3. The smallest absolute Gasteiger partial charge is 0.358 e. The molecule has 0 bridgehead atoms. The maximum atomic E-state index is 10.8. The standard InChI is InChI=1S/C14H18N4O6S/c1-22-10-5-4-9(12(23-2)13(10)24-3)8-16-14-15-7-6-11(17-14)18-25(19,20)21/h4-7H,8H2,1-3H3,(H,19,20,21)(H2,15,16,17,18). The third kappa shape index (κ3) is 4.84. The van der Waals surface area contributed by atoms with E-state index < -0.39 is 10.3 Å². The van der Waals surface area contributed by atoms with E-state index >= 15 is 0 Å². The predicted octanol–water partition coefficient (Wildman–Crippen LogP) is 1.33. The first-order chi connectivity index (χ1) is 11.9. The third-order valence-electron chi connectivity index (χ3n) is 3.11. The summed E-state index contributed by atoms with van der Waals surface area (Å²) in [4.78, 5) is 7.92. The van der Waals surface area contributed by atoms with Crippen molar-refractivity contribution >= 4 is 22.1 Å². The van der Waals surface area contributed by atoms with Crippen LogP contribution in [0, 0.1) is 0 Å². The van der Waals surface area contributed by atoms with Crippen LogP contribution in [0.15, 0.2) is 24.4 Å². The topological polar surface area (TPSA) is 132 Å². The molecule has 2 aromatic rings. The summed E-state index contributed by atoms with van der Waals surface area (Å²) in [5, 5.41) is 2.94. The average molecular weight is 370 g/mol. The molecule has 0 radical (unpaired) electrons. The summed E-state index contributed by atoms with van der Waals surface area (Å²) in [7, 11) is 0.131. The van der Waals surface area contributed by atoms with E-state index in [1.807, 2.05) is 4.72 Å². The zero-order chi connectivity index (χ0) is 18.4. The maximum Gasteiger partial charge on any atom is 0.358 e. The molecule has 10 nitrogen and oxygen atoms in total.